The molecule has 0 saturated heterocycles. The van der Waals surface area contributed by atoms with Gasteiger partial charge in [-0.05, 0) is 54.2 Å². The van der Waals surface area contributed by atoms with Gasteiger partial charge in [-0.15, -0.1) is 0 Å². The molecule has 2 nitrogen and oxygen atoms in total. The fourth-order valence-electron chi connectivity index (χ4n) is 3.62. The van der Waals surface area contributed by atoms with E-state index in [1.165, 1.54) is 24.0 Å². The molecule has 1 aliphatic rings. The minimum Gasteiger partial charge on any atom is -0.398 e. The Morgan fingerprint density at radius 2 is 2.17 bits per heavy atom. The molecule has 0 spiro atoms. The van der Waals surface area contributed by atoms with Crippen LogP contribution in [0.1, 0.15) is 56.7 Å². The average molecular weight is 242 g/mol. The molecule has 1 unspecified atom stereocenters. The third kappa shape index (κ3) is 1.70. The second-order valence-electron chi connectivity index (χ2n) is 5.69. The number of nitrogens with zero attached hydrogens (tertiary/aromatic N) is 1. The number of fused-ring (bicyclic) bond motifs is 1. The first-order valence-corrected chi connectivity index (χ1v) is 6.88. The van der Waals surface area contributed by atoms with Crippen molar-refractivity contribution >= 4 is 5.69 Å². The molecule has 1 aromatic carbocycles. The van der Waals surface area contributed by atoms with Crippen LogP contribution >= 0.6 is 0 Å². The number of hydrogen-bond acceptors (Lipinski definition) is 2. The van der Waals surface area contributed by atoms with Crippen molar-refractivity contribution in [1.82, 2.24) is 0 Å². The van der Waals surface area contributed by atoms with E-state index in [1.807, 2.05) is 6.07 Å². The molecule has 18 heavy (non-hydrogen) atoms. The van der Waals surface area contributed by atoms with E-state index in [-0.39, 0.29) is 5.41 Å². The first-order chi connectivity index (χ1) is 8.56. The highest BCUT2D eigenvalue weighted by molar-refractivity contribution is 5.63. The molecule has 0 saturated carbocycles. The molecule has 1 atom stereocenters. The largest absolute Gasteiger partial charge is 0.398 e. The van der Waals surface area contributed by atoms with Gasteiger partial charge in [-0.1, -0.05) is 26.8 Å². The van der Waals surface area contributed by atoms with Gasteiger partial charge < -0.3 is 5.73 Å². The Balaban J connectivity index is 2.75. The molecule has 96 valence electrons. The smallest absolute Gasteiger partial charge is 0.102 e. The lowest BCUT2D eigenvalue weighted by Crippen LogP contribution is -2.36. The molecular formula is C16H22N2. The third-order valence-electron chi connectivity index (χ3n) is 4.74. The molecule has 2 rings (SSSR count). The Bertz CT molecular complexity index is 497. The number of nitrogen functional groups attached to an aromatic ring is 1. The second-order valence-corrected chi connectivity index (χ2v) is 5.69. The number of anilines is 1. The Morgan fingerprint density at radius 3 is 2.72 bits per heavy atom. The van der Waals surface area contributed by atoms with Crippen LogP contribution in [0.15, 0.2) is 12.1 Å². The van der Waals surface area contributed by atoms with Crippen molar-refractivity contribution in [1.29, 1.82) is 5.26 Å². The molecule has 1 aromatic rings. The fraction of sp³-hybridized carbons (Fsp3) is 0.562. The third-order valence-corrected chi connectivity index (χ3v) is 4.74. The maximum absolute atomic E-state index is 9.45. The summed E-state index contributed by atoms with van der Waals surface area (Å²) in [5.74, 6) is 0.537. The molecule has 0 heterocycles. The van der Waals surface area contributed by atoms with Crippen molar-refractivity contribution in [2.24, 2.45) is 5.92 Å². The van der Waals surface area contributed by atoms with Crippen LogP contribution in [0.5, 0.6) is 0 Å². The van der Waals surface area contributed by atoms with Gasteiger partial charge in [-0.25, -0.2) is 0 Å². The van der Waals surface area contributed by atoms with Gasteiger partial charge in [0.25, 0.3) is 0 Å². The highest BCUT2D eigenvalue weighted by Gasteiger charge is 2.40. The van der Waals surface area contributed by atoms with Gasteiger partial charge >= 0.3 is 0 Å². The summed E-state index contributed by atoms with van der Waals surface area (Å²) in [4.78, 5) is 0. The van der Waals surface area contributed by atoms with Crippen LogP contribution < -0.4 is 5.73 Å². The molecule has 0 radical (unpaired) electrons. The summed E-state index contributed by atoms with van der Waals surface area (Å²) in [5.41, 5.74) is 10.1. The fourth-order valence-corrected chi connectivity index (χ4v) is 3.62. The lowest BCUT2D eigenvalue weighted by Gasteiger charge is -2.43. The number of rotatable bonds is 2. The molecule has 0 bridgehead atoms. The maximum atomic E-state index is 9.45. The lowest BCUT2D eigenvalue weighted by atomic mass is 9.61. The molecule has 1 aliphatic carbocycles. The quantitative estimate of drug-likeness (QED) is 0.802. The predicted octanol–water partition coefficient (Wildman–Crippen LogP) is 3.78. The van der Waals surface area contributed by atoms with Crippen LogP contribution in [-0.2, 0) is 11.8 Å². The van der Waals surface area contributed by atoms with Crippen molar-refractivity contribution in [3.8, 4) is 6.07 Å². The zero-order valence-electron chi connectivity index (χ0n) is 11.6. The summed E-state index contributed by atoms with van der Waals surface area (Å²) in [7, 11) is 0. The Labute approximate surface area is 110 Å². The van der Waals surface area contributed by atoms with E-state index in [0.29, 0.717) is 11.6 Å². The zero-order valence-corrected chi connectivity index (χ0v) is 11.6. The molecule has 0 fully saturated rings. The number of nitrogens with two attached hydrogens (primary N) is 1. The monoisotopic (exact) mass is 242 g/mol. The van der Waals surface area contributed by atoms with E-state index in [0.717, 1.165) is 18.4 Å². The summed E-state index contributed by atoms with van der Waals surface area (Å²) in [5, 5.41) is 9.45. The minimum absolute atomic E-state index is 0.133. The van der Waals surface area contributed by atoms with E-state index in [2.05, 4.69) is 32.9 Å². The van der Waals surface area contributed by atoms with Crippen molar-refractivity contribution in [3.05, 3.63) is 28.8 Å². The lowest BCUT2D eigenvalue weighted by molar-refractivity contribution is 0.252. The Kier molecular flexibility index (Phi) is 3.34. The van der Waals surface area contributed by atoms with Crippen molar-refractivity contribution in [2.75, 3.05) is 5.73 Å². The van der Waals surface area contributed by atoms with Gasteiger partial charge in [-0.2, -0.15) is 5.26 Å². The van der Waals surface area contributed by atoms with Crippen molar-refractivity contribution in [3.63, 3.8) is 0 Å². The normalized spacial score (nSPS) is 22.6. The first kappa shape index (κ1) is 13.0. The molecule has 0 aromatic heterocycles. The number of benzene rings is 1. The number of hydrogen-bond donors (Lipinski definition) is 1. The highest BCUT2D eigenvalue weighted by Crippen LogP contribution is 2.47. The van der Waals surface area contributed by atoms with Crippen LogP contribution in [0.2, 0.25) is 0 Å². The van der Waals surface area contributed by atoms with E-state index in [9.17, 15) is 5.26 Å². The van der Waals surface area contributed by atoms with Crippen LogP contribution in [0.25, 0.3) is 0 Å². The van der Waals surface area contributed by atoms with E-state index >= 15 is 0 Å². The topological polar surface area (TPSA) is 49.8 Å². The zero-order chi connectivity index (χ0) is 13.3. The van der Waals surface area contributed by atoms with Crippen LogP contribution in [0, 0.1) is 17.2 Å². The van der Waals surface area contributed by atoms with Gasteiger partial charge in [0.2, 0.25) is 0 Å². The average Bonchev–Trinajstić information content (AvgIpc) is 2.37. The molecule has 0 amide bonds. The summed E-state index contributed by atoms with van der Waals surface area (Å²) < 4.78 is 0. The molecule has 2 heteroatoms. The molecular weight excluding hydrogens is 220 g/mol. The van der Waals surface area contributed by atoms with Gasteiger partial charge in [0.15, 0.2) is 0 Å². The van der Waals surface area contributed by atoms with E-state index < -0.39 is 0 Å². The van der Waals surface area contributed by atoms with Gasteiger partial charge in [0, 0.05) is 5.69 Å². The summed E-state index contributed by atoms with van der Waals surface area (Å²) in [6.45, 7) is 6.77. The van der Waals surface area contributed by atoms with Crippen LogP contribution in [-0.4, -0.2) is 0 Å². The van der Waals surface area contributed by atoms with E-state index in [4.69, 9.17) is 5.73 Å². The Hall–Kier alpha value is -1.49. The maximum Gasteiger partial charge on any atom is 0.102 e. The highest BCUT2D eigenvalue weighted by atomic mass is 14.6. The number of aryl methyl sites for hydroxylation is 1. The van der Waals surface area contributed by atoms with Crippen molar-refractivity contribution in [2.45, 2.75) is 51.9 Å². The predicted molar refractivity (Wildman–Crippen MR) is 75.3 cm³/mol. The molecule has 2 N–H and O–H groups in total. The standard InChI is InChI=1S/C16H22N2/c1-4-16(11(2)3)9-5-6-12-7-8-14(18)13(10-17)15(12)16/h7-8,11H,4-6,9,18H2,1-3H3. The summed E-state index contributed by atoms with van der Waals surface area (Å²) in [6.07, 6.45) is 4.55. The van der Waals surface area contributed by atoms with Crippen LogP contribution in [0.3, 0.4) is 0 Å². The minimum atomic E-state index is 0.133. The SMILES string of the molecule is CCC1(C(C)C)CCCc2ccc(N)c(C#N)c21. The first-order valence-electron chi connectivity index (χ1n) is 6.88. The summed E-state index contributed by atoms with van der Waals surface area (Å²) in [6, 6.07) is 6.36. The van der Waals surface area contributed by atoms with E-state index in [1.54, 1.807) is 0 Å². The summed E-state index contributed by atoms with van der Waals surface area (Å²) >= 11 is 0. The van der Waals surface area contributed by atoms with Gasteiger partial charge in [0.05, 0.1) is 5.56 Å². The van der Waals surface area contributed by atoms with Crippen molar-refractivity contribution < 1.29 is 0 Å². The Morgan fingerprint density at radius 1 is 1.44 bits per heavy atom. The second kappa shape index (κ2) is 4.65. The molecule has 0 aliphatic heterocycles. The van der Waals surface area contributed by atoms with Gasteiger partial charge in [0.1, 0.15) is 6.07 Å². The van der Waals surface area contributed by atoms with Crippen LogP contribution in [0.4, 0.5) is 5.69 Å². The van der Waals surface area contributed by atoms with Gasteiger partial charge in [-0.3, -0.25) is 0 Å². The number of nitriles is 1.